The van der Waals surface area contributed by atoms with E-state index in [1.807, 2.05) is 13.0 Å². The molecular weight excluding hydrogens is 434 g/mol. The molecule has 27 heavy (non-hydrogen) atoms. The van der Waals surface area contributed by atoms with Gasteiger partial charge in [-0.25, -0.2) is 8.42 Å². The number of nitrogens with zero attached hydrogens (tertiary/aromatic N) is 2. The van der Waals surface area contributed by atoms with E-state index in [1.54, 1.807) is 26.0 Å². The average molecular weight is 456 g/mol. The maximum Gasteiger partial charge on any atom is 0.251 e. The van der Waals surface area contributed by atoms with E-state index in [1.165, 1.54) is 16.6 Å². The van der Waals surface area contributed by atoms with Crippen molar-refractivity contribution in [1.29, 1.82) is 0 Å². The highest BCUT2D eigenvalue weighted by molar-refractivity contribution is 9.10. The van der Waals surface area contributed by atoms with Crippen LogP contribution in [0.1, 0.15) is 19.4 Å². The fourth-order valence-corrected chi connectivity index (χ4v) is 4.38. The lowest BCUT2D eigenvalue weighted by atomic mass is 10.2. The summed E-state index contributed by atoms with van der Waals surface area (Å²) in [5, 5.41) is 2.70. The number of anilines is 1. The Morgan fingerprint density at radius 2 is 1.85 bits per heavy atom. The van der Waals surface area contributed by atoms with E-state index in [0.717, 1.165) is 20.7 Å². The quantitative estimate of drug-likeness (QED) is 0.694. The molecule has 0 saturated carbocycles. The van der Waals surface area contributed by atoms with Crippen molar-refractivity contribution in [1.82, 2.24) is 8.87 Å². The molecule has 0 atom stereocenters. The topological polar surface area (TPSA) is 88.5 Å². The summed E-state index contributed by atoms with van der Waals surface area (Å²) in [4.78, 5) is 24.3. The second-order valence-electron chi connectivity index (χ2n) is 5.93. The first-order valence-corrected chi connectivity index (χ1v) is 10.7. The van der Waals surface area contributed by atoms with Crippen LogP contribution in [0.2, 0.25) is 0 Å². The minimum absolute atomic E-state index is 0.0170. The molecule has 146 valence electrons. The highest BCUT2D eigenvalue weighted by Crippen LogP contribution is 2.20. The van der Waals surface area contributed by atoms with Crippen LogP contribution in [0, 0.1) is 6.92 Å². The number of aromatic nitrogens is 1. The Hall–Kier alpha value is -1.97. The molecule has 0 unspecified atom stereocenters. The Labute approximate surface area is 167 Å². The Morgan fingerprint density at radius 3 is 2.44 bits per heavy atom. The predicted octanol–water partition coefficient (Wildman–Crippen LogP) is 2.59. The number of aryl methyl sites for hydroxylation is 1. The van der Waals surface area contributed by atoms with Gasteiger partial charge in [0.15, 0.2) is 0 Å². The maximum absolute atomic E-state index is 12.6. The van der Waals surface area contributed by atoms with Crippen LogP contribution in [0.5, 0.6) is 0 Å². The van der Waals surface area contributed by atoms with Crippen molar-refractivity contribution in [2.45, 2.75) is 32.2 Å². The lowest BCUT2D eigenvalue weighted by Crippen LogP contribution is -2.33. The number of benzene rings is 1. The normalized spacial score (nSPS) is 11.6. The van der Waals surface area contributed by atoms with Gasteiger partial charge in [-0.05, 0) is 30.7 Å². The van der Waals surface area contributed by atoms with E-state index in [4.69, 9.17) is 0 Å². The molecule has 0 saturated heterocycles. The first kappa shape index (κ1) is 21.3. The van der Waals surface area contributed by atoms with Crippen LogP contribution < -0.4 is 10.9 Å². The largest absolute Gasteiger partial charge is 0.324 e. The van der Waals surface area contributed by atoms with E-state index in [2.05, 4.69) is 21.2 Å². The monoisotopic (exact) mass is 455 g/mol. The third kappa shape index (κ3) is 5.06. The van der Waals surface area contributed by atoms with Gasteiger partial charge in [-0.2, -0.15) is 4.31 Å². The van der Waals surface area contributed by atoms with E-state index >= 15 is 0 Å². The number of pyridine rings is 1. The van der Waals surface area contributed by atoms with Crippen molar-refractivity contribution in [3.05, 3.63) is 56.9 Å². The molecule has 9 heteroatoms. The predicted molar refractivity (Wildman–Crippen MR) is 108 cm³/mol. The van der Waals surface area contributed by atoms with Crippen LogP contribution in [0.4, 0.5) is 5.69 Å². The fraction of sp³-hybridized carbons (Fsp3) is 0.333. The summed E-state index contributed by atoms with van der Waals surface area (Å²) >= 11 is 3.40. The molecule has 0 aliphatic heterocycles. The van der Waals surface area contributed by atoms with Crippen LogP contribution in [0.3, 0.4) is 0 Å². The number of amides is 1. The Bertz CT molecular complexity index is 998. The smallest absolute Gasteiger partial charge is 0.251 e. The van der Waals surface area contributed by atoms with E-state index in [9.17, 15) is 18.0 Å². The zero-order chi connectivity index (χ0) is 20.2. The molecule has 0 bridgehead atoms. The number of hydrogen-bond acceptors (Lipinski definition) is 4. The van der Waals surface area contributed by atoms with Crippen LogP contribution in [-0.4, -0.2) is 36.3 Å². The number of halogens is 1. The second kappa shape index (κ2) is 8.81. The van der Waals surface area contributed by atoms with Gasteiger partial charge in [0.05, 0.1) is 4.90 Å². The number of sulfonamides is 1. The number of rotatable bonds is 7. The molecule has 1 N–H and O–H groups in total. The minimum atomic E-state index is -3.71. The summed E-state index contributed by atoms with van der Waals surface area (Å²) in [6.07, 6.45) is 1.21. The SMILES string of the molecule is CCN(CC)S(=O)(=O)c1ccc(=O)n(CC(=O)Nc2ccc(C)c(Br)c2)c1. The van der Waals surface area contributed by atoms with Gasteiger partial charge < -0.3 is 9.88 Å². The average Bonchev–Trinajstić information content (AvgIpc) is 2.60. The van der Waals surface area contributed by atoms with Crippen molar-refractivity contribution >= 4 is 37.5 Å². The first-order chi connectivity index (χ1) is 12.7. The molecule has 1 aromatic carbocycles. The summed E-state index contributed by atoms with van der Waals surface area (Å²) in [7, 11) is -3.71. The second-order valence-corrected chi connectivity index (χ2v) is 8.72. The summed E-state index contributed by atoms with van der Waals surface area (Å²) in [6, 6.07) is 7.79. The van der Waals surface area contributed by atoms with Crippen molar-refractivity contribution in [2.75, 3.05) is 18.4 Å². The van der Waals surface area contributed by atoms with E-state index < -0.39 is 21.5 Å². The molecule has 2 aromatic rings. The molecular formula is C18H22BrN3O4S. The molecule has 0 aliphatic rings. The maximum atomic E-state index is 12.6. The molecule has 1 amide bonds. The zero-order valence-corrected chi connectivity index (χ0v) is 17.8. The van der Waals surface area contributed by atoms with Gasteiger partial charge in [-0.3, -0.25) is 9.59 Å². The van der Waals surface area contributed by atoms with Crippen LogP contribution in [-0.2, 0) is 21.4 Å². The molecule has 2 rings (SSSR count). The lowest BCUT2D eigenvalue weighted by molar-refractivity contribution is -0.116. The van der Waals surface area contributed by atoms with E-state index in [-0.39, 0.29) is 11.4 Å². The van der Waals surface area contributed by atoms with Gasteiger partial charge in [0, 0.05) is 35.5 Å². The highest BCUT2D eigenvalue weighted by Gasteiger charge is 2.22. The van der Waals surface area contributed by atoms with Crippen LogP contribution >= 0.6 is 15.9 Å². The third-order valence-electron chi connectivity index (χ3n) is 4.07. The Kier molecular flexibility index (Phi) is 6.96. The molecule has 0 radical (unpaired) electrons. The minimum Gasteiger partial charge on any atom is -0.324 e. The third-order valence-corrected chi connectivity index (χ3v) is 6.96. The number of carbonyl (C=O) groups excluding carboxylic acids is 1. The van der Waals surface area contributed by atoms with Gasteiger partial charge in [-0.15, -0.1) is 0 Å². The van der Waals surface area contributed by atoms with Crippen LogP contribution in [0.25, 0.3) is 0 Å². The van der Waals surface area contributed by atoms with Crippen molar-refractivity contribution in [2.24, 2.45) is 0 Å². The number of nitrogens with one attached hydrogen (secondary N) is 1. The van der Waals surface area contributed by atoms with Gasteiger partial charge in [-0.1, -0.05) is 35.8 Å². The summed E-state index contributed by atoms with van der Waals surface area (Å²) in [5.41, 5.74) is 1.16. The van der Waals surface area contributed by atoms with Crippen molar-refractivity contribution in [3.63, 3.8) is 0 Å². The molecule has 0 aliphatic carbocycles. The summed E-state index contributed by atoms with van der Waals surface area (Å²) in [6.45, 7) is 5.76. The molecule has 7 nitrogen and oxygen atoms in total. The standard InChI is InChI=1S/C18H22BrN3O4S/c1-4-22(5-2)27(25,26)15-8-9-18(24)21(11-15)12-17(23)20-14-7-6-13(3)16(19)10-14/h6-11H,4-5,12H2,1-3H3,(H,20,23). The Balaban J connectivity index is 2.24. The Morgan fingerprint density at radius 1 is 1.19 bits per heavy atom. The number of hydrogen-bond donors (Lipinski definition) is 1. The van der Waals surface area contributed by atoms with Crippen LogP contribution in [0.15, 0.2) is 50.7 Å². The van der Waals surface area contributed by atoms with Gasteiger partial charge in [0.25, 0.3) is 5.56 Å². The zero-order valence-electron chi connectivity index (χ0n) is 15.4. The fourth-order valence-electron chi connectivity index (χ4n) is 2.52. The van der Waals surface area contributed by atoms with Crippen molar-refractivity contribution < 1.29 is 13.2 Å². The highest BCUT2D eigenvalue weighted by atomic mass is 79.9. The van der Waals surface area contributed by atoms with Gasteiger partial charge >= 0.3 is 0 Å². The number of carbonyl (C=O) groups is 1. The summed E-state index contributed by atoms with van der Waals surface area (Å²) < 4.78 is 28.5. The van der Waals surface area contributed by atoms with E-state index in [0.29, 0.717) is 18.8 Å². The van der Waals surface area contributed by atoms with Crippen molar-refractivity contribution in [3.8, 4) is 0 Å². The first-order valence-electron chi connectivity index (χ1n) is 8.45. The molecule has 0 fully saturated rings. The summed E-state index contributed by atoms with van der Waals surface area (Å²) in [5.74, 6) is -0.426. The van der Waals surface area contributed by atoms with Gasteiger partial charge in [0.1, 0.15) is 6.54 Å². The molecule has 1 heterocycles. The molecule has 1 aromatic heterocycles. The lowest BCUT2D eigenvalue weighted by Gasteiger charge is -2.19. The molecule has 0 spiro atoms. The van der Waals surface area contributed by atoms with Gasteiger partial charge in [0.2, 0.25) is 15.9 Å².